The highest BCUT2D eigenvalue weighted by molar-refractivity contribution is 7.89. The Morgan fingerprint density at radius 2 is 2.18 bits per heavy atom. The van der Waals surface area contributed by atoms with Gasteiger partial charge < -0.3 is 14.4 Å². The van der Waals surface area contributed by atoms with Gasteiger partial charge in [-0.25, -0.2) is 13.1 Å². The average Bonchev–Trinajstić information content (AvgIpc) is 3.45. The first-order valence-corrected chi connectivity index (χ1v) is 11.7. The summed E-state index contributed by atoms with van der Waals surface area (Å²) in [6, 6.07) is 11.4. The second-order valence-electron chi connectivity index (χ2n) is 7.49. The Morgan fingerprint density at radius 3 is 2.94 bits per heavy atom. The van der Waals surface area contributed by atoms with Crippen LogP contribution in [0.15, 0.2) is 40.9 Å². The smallest absolute Gasteiger partial charge is 0.306 e. The number of carbonyl (C=O) groups excluding carboxylic acids is 1. The molecule has 1 atom stereocenters. The number of sulfonamides is 1. The summed E-state index contributed by atoms with van der Waals surface area (Å²) >= 11 is 0. The molecule has 0 fully saturated rings. The third-order valence-electron chi connectivity index (χ3n) is 5.43. The highest BCUT2D eigenvalue weighted by Crippen LogP contribution is 2.38. The Hall–Kier alpha value is -3.75. The van der Waals surface area contributed by atoms with Crippen molar-refractivity contribution in [3.8, 4) is 34.7 Å². The van der Waals surface area contributed by atoms with Crippen LogP contribution in [0.1, 0.15) is 35.6 Å². The van der Waals surface area contributed by atoms with E-state index < -0.39 is 22.0 Å². The van der Waals surface area contributed by atoms with E-state index in [4.69, 9.17) is 9.78 Å². The lowest BCUT2D eigenvalue weighted by Crippen LogP contribution is -2.30. The molecule has 2 aromatic carbocycles. The molecule has 0 saturated heterocycles. The van der Waals surface area contributed by atoms with Gasteiger partial charge in [0.15, 0.2) is 0 Å². The van der Waals surface area contributed by atoms with Crippen molar-refractivity contribution in [3.05, 3.63) is 53.1 Å². The molecule has 3 aromatic rings. The number of rotatable bonds is 7. The number of phenols is 1. The van der Waals surface area contributed by atoms with Crippen LogP contribution in [0.3, 0.4) is 0 Å². The van der Waals surface area contributed by atoms with Crippen molar-refractivity contribution in [1.29, 1.82) is 5.26 Å². The summed E-state index contributed by atoms with van der Waals surface area (Å²) in [4.78, 5) is 15.7. The molecule has 0 radical (unpaired) electrons. The largest absolute Gasteiger partial charge is 0.507 e. The molecule has 1 aliphatic rings. The number of methoxy groups -OCH3 is 1. The number of nitrogens with one attached hydrogen (secondary N) is 1. The molecular formula is C22H20N4O6S. The van der Waals surface area contributed by atoms with Crippen LogP contribution in [0.2, 0.25) is 0 Å². The zero-order valence-electron chi connectivity index (χ0n) is 17.6. The number of esters is 1. The lowest BCUT2D eigenvalue weighted by Gasteiger charge is -2.14. The Balaban J connectivity index is 1.58. The first-order chi connectivity index (χ1) is 15.8. The number of aromatic hydroxyl groups is 1. The molecule has 0 aliphatic heterocycles. The number of hydrogen-bond donors (Lipinski definition) is 2. The molecule has 0 saturated carbocycles. The standard InChI is InChI=1S/C22H20N4O6S/c1-31-20(28)9-10-33(29,30)26-18-7-6-15-16(18)3-2-4-17(15)21-24-22(32-25-21)13-5-8-19(27)14(11-13)12-23/h2-5,8,11,18,26-27H,6-7,9-10H2,1H3. The summed E-state index contributed by atoms with van der Waals surface area (Å²) < 4.78 is 37.4. The van der Waals surface area contributed by atoms with E-state index in [1.807, 2.05) is 18.2 Å². The Labute approximate surface area is 189 Å². The van der Waals surface area contributed by atoms with Crippen molar-refractivity contribution in [3.63, 3.8) is 0 Å². The summed E-state index contributed by atoms with van der Waals surface area (Å²) in [5.41, 5.74) is 3.03. The van der Waals surface area contributed by atoms with Crippen LogP contribution >= 0.6 is 0 Å². The number of nitriles is 1. The van der Waals surface area contributed by atoms with Crippen LogP contribution in [-0.2, 0) is 26.0 Å². The van der Waals surface area contributed by atoms with Crippen LogP contribution in [0, 0.1) is 11.3 Å². The SMILES string of the molecule is COC(=O)CCS(=O)(=O)NC1CCc2c(-c3noc(-c4ccc(O)c(C#N)c4)n3)cccc21. The summed E-state index contributed by atoms with van der Waals surface area (Å²) in [6.07, 6.45) is 0.942. The van der Waals surface area contributed by atoms with Crippen molar-refractivity contribution >= 4 is 16.0 Å². The molecule has 11 heteroatoms. The third kappa shape index (κ3) is 4.72. The molecule has 0 bridgehead atoms. The Kier molecular flexibility index (Phi) is 6.13. The maximum Gasteiger partial charge on any atom is 0.306 e. The van der Waals surface area contributed by atoms with E-state index >= 15 is 0 Å². The minimum atomic E-state index is -3.68. The molecule has 2 N–H and O–H groups in total. The van der Waals surface area contributed by atoms with E-state index in [1.165, 1.54) is 19.2 Å². The van der Waals surface area contributed by atoms with E-state index in [0.717, 1.165) is 16.7 Å². The quantitative estimate of drug-likeness (QED) is 0.497. The minimum absolute atomic E-state index is 0.0928. The zero-order valence-corrected chi connectivity index (χ0v) is 18.4. The lowest BCUT2D eigenvalue weighted by atomic mass is 10.0. The van der Waals surface area contributed by atoms with Gasteiger partial charge in [-0.1, -0.05) is 23.4 Å². The molecule has 33 heavy (non-hydrogen) atoms. The summed E-state index contributed by atoms with van der Waals surface area (Å²) in [7, 11) is -2.47. The van der Waals surface area contributed by atoms with E-state index in [0.29, 0.717) is 24.2 Å². The Morgan fingerprint density at radius 1 is 1.36 bits per heavy atom. The number of aromatic nitrogens is 2. The van der Waals surface area contributed by atoms with Crippen molar-refractivity contribution < 1.29 is 27.6 Å². The minimum Gasteiger partial charge on any atom is -0.507 e. The van der Waals surface area contributed by atoms with E-state index in [9.17, 15) is 18.3 Å². The van der Waals surface area contributed by atoms with Crippen LogP contribution in [0.25, 0.3) is 22.8 Å². The highest BCUT2D eigenvalue weighted by Gasteiger charge is 2.29. The average molecular weight is 468 g/mol. The molecule has 0 amide bonds. The van der Waals surface area contributed by atoms with Gasteiger partial charge >= 0.3 is 5.97 Å². The first-order valence-electron chi connectivity index (χ1n) is 10.1. The first kappa shape index (κ1) is 22.4. The third-order valence-corrected chi connectivity index (χ3v) is 6.81. The fourth-order valence-corrected chi connectivity index (χ4v) is 5.02. The summed E-state index contributed by atoms with van der Waals surface area (Å²) in [5, 5.41) is 22.9. The van der Waals surface area contributed by atoms with Crippen molar-refractivity contribution in [2.75, 3.05) is 12.9 Å². The lowest BCUT2D eigenvalue weighted by molar-refractivity contribution is -0.140. The maximum absolute atomic E-state index is 12.4. The van der Waals surface area contributed by atoms with Crippen LogP contribution in [-0.4, -0.2) is 42.5 Å². The van der Waals surface area contributed by atoms with Gasteiger partial charge in [0.1, 0.15) is 11.8 Å². The normalized spacial score (nSPS) is 15.1. The molecule has 1 aromatic heterocycles. The van der Waals surface area contributed by atoms with E-state index in [-0.39, 0.29) is 29.4 Å². The van der Waals surface area contributed by atoms with Gasteiger partial charge in [0.2, 0.25) is 15.8 Å². The summed E-state index contributed by atoms with van der Waals surface area (Å²) in [6.45, 7) is 0. The fraction of sp³-hybridized carbons (Fsp3) is 0.273. The molecular weight excluding hydrogens is 448 g/mol. The number of nitrogens with zero attached hydrogens (tertiary/aromatic N) is 3. The van der Waals surface area contributed by atoms with Gasteiger partial charge in [0, 0.05) is 17.2 Å². The maximum atomic E-state index is 12.4. The second-order valence-corrected chi connectivity index (χ2v) is 9.37. The zero-order chi connectivity index (χ0) is 23.6. The van der Waals surface area contributed by atoms with Crippen molar-refractivity contribution in [1.82, 2.24) is 14.9 Å². The van der Waals surface area contributed by atoms with Gasteiger partial charge in [-0.15, -0.1) is 0 Å². The molecule has 0 spiro atoms. The van der Waals surface area contributed by atoms with E-state index in [1.54, 1.807) is 12.1 Å². The predicted molar refractivity (Wildman–Crippen MR) is 116 cm³/mol. The number of fused-ring (bicyclic) bond motifs is 1. The second kappa shape index (κ2) is 9.01. The molecule has 4 rings (SSSR count). The summed E-state index contributed by atoms with van der Waals surface area (Å²) in [5.74, 6) is -0.545. The molecule has 1 heterocycles. The van der Waals surface area contributed by atoms with Crippen LogP contribution in [0.5, 0.6) is 5.75 Å². The van der Waals surface area contributed by atoms with Crippen LogP contribution in [0.4, 0.5) is 0 Å². The predicted octanol–water partition coefficient (Wildman–Crippen LogP) is 2.45. The number of carbonyl (C=O) groups is 1. The van der Waals surface area contributed by atoms with Crippen molar-refractivity contribution in [2.45, 2.75) is 25.3 Å². The number of phenolic OH excluding ortho intramolecular Hbond substituents is 1. The molecule has 10 nitrogen and oxygen atoms in total. The number of hydrogen-bond acceptors (Lipinski definition) is 9. The van der Waals surface area contributed by atoms with Gasteiger partial charge in [0.05, 0.1) is 24.8 Å². The van der Waals surface area contributed by atoms with Gasteiger partial charge in [-0.05, 0) is 42.2 Å². The van der Waals surface area contributed by atoms with Crippen LogP contribution < -0.4 is 4.72 Å². The molecule has 170 valence electrons. The van der Waals surface area contributed by atoms with Gasteiger partial charge in [-0.2, -0.15) is 10.2 Å². The monoisotopic (exact) mass is 468 g/mol. The van der Waals surface area contributed by atoms with Gasteiger partial charge in [-0.3, -0.25) is 4.79 Å². The highest BCUT2D eigenvalue weighted by atomic mass is 32.2. The Bertz CT molecular complexity index is 1360. The molecule has 1 aliphatic carbocycles. The van der Waals surface area contributed by atoms with Crippen molar-refractivity contribution in [2.24, 2.45) is 0 Å². The molecule has 1 unspecified atom stereocenters. The fourth-order valence-electron chi connectivity index (χ4n) is 3.79. The van der Waals surface area contributed by atoms with E-state index in [2.05, 4.69) is 19.6 Å². The number of ether oxygens (including phenoxy) is 1. The topological polar surface area (TPSA) is 155 Å². The number of benzene rings is 2. The van der Waals surface area contributed by atoms with Gasteiger partial charge in [0.25, 0.3) is 5.89 Å².